The Bertz CT molecular complexity index is 552. The lowest BCUT2D eigenvalue weighted by Gasteiger charge is -2.18. The van der Waals surface area contributed by atoms with E-state index in [2.05, 4.69) is 10.6 Å². The Balaban J connectivity index is 3.06. The number of halogens is 1. The molecule has 5 nitrogen and oxygen atoms in total. The highest BCUT2D eigenvalue weighted by Crippen LogP contribution is 2.20. The van der Waals surface area contributed by atoms with Crippen molar-refractivity contribution >= 4 is 16.7 Å². The zero-order valence-corrected chi connectivity index (χ0v) is 10.6. The first-order valence-corrected chi connectivity index (χ1v) is 6.03. The smallest absolute Gasteiger partial charge is 0.258 e. The Morgan fingerprint density at radius 1 is 1.56 bits per heavy atom. The minimum atomic E-state index is -1.75. The predicted octanol–water partition coefficient (Wildman–Crippen LogP) is 1.76. The molecule has 0 saturated carbocycles. The van der Waals surface area contributed by atoms with Crippen LogP contribution in [0, 0.1) is 28.3 Å². The SMILES string of the molecule is C#CC(C)(C)NS(=O)c1ccc(F)c([N+](=O)[O-])c1. The molecule has 1 rings (SSSR count). The summed E-state index contributed by atoms with van der Waals surface area (Å²) >= 11 is 0. The summed E-state index contributed by atoms with van der Waals surface area (Å²) < 4.78 is 27.6. The number of nitrogens with one attached hydrogen (secondary N) is 1. The fraction of sp³-hybridized carbons (Fsp3) is 0.273. The van der Waals surface area contributed by atoms with Crippen molar-refractivity contribution in [1.29, 1.82) is 0 Å². The molecular weight excluding hydrogens is 259 g/mol. The van der Waals surface area contributed by atoms with Crippen LogP contribution in [0.25, 0.3) is 0 Å². The van der Waals surface area contributed by atoms with Crippen molar-refractivity contribution in [2.45, 2.75) is 24.3 Å². The fourth-order valence-electron chi connectivity index (χ4n) is 1.07. The van der Waals surface area contributed by atoms with Gasteiger partial charge in [-0.3, -0.25) is 10.1 Å². The molecule has 0 aromatic heterocycles. The van der Waals surface area contributed by atoms with Gasteiger partial charge in [-0.1, -0.05) is 5.92 Å². The number of benzene rings is 1. The van der Waals surface area contributed by atoms with E-state index in [-0.39, 0.29) is 4.90 Å². The van der Waals surface area contributed by atoms with E-state index in [1.54, 1.807) is 13.8 Å². The van der Waals surface area contributed by atoms with Gasteiger partial charge in [0, 0.05) is 6.07 Å². The van der Waals surface area contributed by atoms with Crippen molar-refractivity contribution < 1.29 is 13.5 Å². The van der Waals surface area contributed by atoms with E-state index in [0.717, 1.165) is 12.1 Å². The van der Waals surface area contributed by atoms with Gasteiger partial charge in [0.1, 0.15) is 11.0 Å². The molecule has 0 saturated heterocycles. The molecule has 0 bridgehead atoms. The fourth-order valence-corrected chi connectivity index (χ4v) is 2.12. The Morgan fingerprint density at radius 2 is 2.17 bits per heavy atom. The molecule has 0 fully saturated rings. The molecule has 0 spiro atoms. The van der Waals surface area contributed by atoms with Gasteiger partial charge in [-0.15, -0.1) is 6.42 Å². The third kappa shape index (κ3) is 3.35. The van der Waals surface area contributed by atoms with Crippen LogP contribution in [0.3, 0.4) is 0 Å². The minimum absolute atomic E-state index is 0.0893. The molecule has 1 atom stereocenters. The lowest BCUT2D eigenvalue weighted by atomic mass is 10.1. The van der Waals surface area contributed by atoms with E-state index < -0.39 is 33.0 Å². The molecule has 0 aliphatic carbocycles. The third-order valence-electron chi connectivity index (χ3n) is 2.04. The van der Waals surface area contributed by atoms with E-state index in [1.165, 1.54) is 6.07 Å². The maximum absolute atomic E-state index is 13.1. The largest absolute Gasteiger partial charge is 0.306 e. The van der Waals surface area contributed by atoms with Gasteiger partial charge in [0.25, 0.3) is 0 Å². The molecule has 7 heteroatoms. The number of rotatable bonds is 4. The van der Waals surface area contributed by atoms with E-state index >= 15 is 0 Å². The Labute approximate surface area is 106 Å². The van der Waals surface area contributed by atoms with Gasteiger partial charge in [-0.2, -0.15) is 4.39 Å². The van der Waals surface area contributed by atoms with Crippen LogP contribution < -0.4 is 4.72 Å². The molecule has 18 heavy (non-hydrogen) atoms. The van der Waals surface area contributed by atoms with Gasteiger partial charge < -0.3 is 0 Å². The molecule has 1 N–H and O–H groups in total. The van der Waals surface area contributed by atoms with Crippen molar-refractivity contribution in [3.63, 3.8) is 0 Å². The van der Waals surface area contributed by atoms with Crippen molar-refractivity contribution in [3.8, 4) is 12.3 Å². The van der Waals surface area contributed by atoms with Crippen LogP contribution in [0.1, 0.15) is 13.8 Å². The summed E-state index contributed by atoms with van der Waals surface area (Å²) in [4.78, 5) is 9.77. The average Bonchev–Trinajstić information content (AvgIpc) is 2.28. The zero-order chi connectivity index (χ0) is 13.9. The topological polar surface area (TPSA) is 72.2 Å². The Kier molecular flexibility index (Phi) is 4.16. The van der Waals surface area contributed by atoms with E-state index in [0.29, 0.717) is 0 Å². The zero-order valence-electron chi connectivity index (χ0n) is 9.77. The minimum Gasteiger partial charge on any atom is -0.258 e. The number of nitrogens with zero attached hydrogens (tertiary/aromatic N) is 1. The van der Waals surface area contributed by atoms with Crippen molar-refractivity contribution in [3.05, 3.63) is 34.1 Å². The summed E-state index contributed by atoms with van der Waals surface area (Å²) in [6.45, 7) is 3.26. The predicted molar refractivity (Wildman–Crippen MR) is 65.5 cm³/mol. The van der Waals surface area contributed by atoms with Gasteiger partial charge >= 0.3 is 5.69 Å². The average molecular weight is 270 g/mol. The standard InChI is InChI=1S/C11H11FN2O3S/c1-4-11(2,3)13-18(17)8-5-6-9(12)10(7-8)14(15)16/h1,5-7,13H,2-3H3. The lowest BCUT2D eigenvalue weighted by Crippen LogP contribution is -2.38. The monoisotopic (exact) mass is 270 g/mol. The number of hydrogen-bond acceptors (Lipinski definition) is 3. The molecule has 1 aromatic carbocycles. The van der Waals surface area contributed by atoms with Crippen LogP contribution in [0.5, 0.6) is 0 Å². The molecule has 0 amide bonds. The highest BCUT2D eigenvalue weighted by molar-refractivity contribution is 7.83. The highest BCUT2D eigenvalue weighted by Gasteiger charge is 2.21. The second-order valence-corrected chi connectivity index (χ2v) is 5.22. The highest BCUT2D eigenvalue weighted by atomic mass is 32.2. The third-order valence-corrected chi connectivity index (χ3v) is 3.41. The van der Waals surface area contributed by atoms with E-state index in [9.17, 15) is 18.7 Å². The maximum Gasteiger partial charge on any atom is 0.306 e. The number of hydrogen-bond donors (Lipinski definition) is 1. The molecule has 0 heterocycles. The molecule has 1 aromatic rings. The second-order valence-electron chi connectivity index (χ2n) is 4.01. The van der Waals surface area contributed by atoms with Crippen molar-refractivity contribution in [2.24, 2.45) is 0 Å². The molecule has 0 aliphatic rings. The molecular formula is C11H11FN2O3S. The lowest BCUT2D eigenvalue weighted by molar-refractivity contribution is -0.387. The first kappa shape index (κ1) is 14.3. The number of nitro benzene ring substituents is 1. The summed E-state index contributed by atoms with van der Waals surface area (Å²) in [6.07, 6.45) is 5.22. The summed E-state index contributed by atoms with van der Waals surface area (Å²) in [5.74, 6) is 1.40. The summed E-state index contributed by atoms with van der Waals surface area (Å²) in [6, 6.07) is 3.03. The van der Waals surface area contributed by atoms with Gasteiger partial charge in [0.2, 0.25) is 5.82 Å². The van der Waals surface area contributed by atoms with Crippen LogP contribution in [-0.2, 0) is 11.0 Å². The number of nitro groups is 1. The second kappa shape index (κ2) is 5.25. The Morgan fingerprint density at radius 3 is 2.67 bits per heavy atom. The van der Waals surface area contributed by atoms with E-state index in [1.807, 2.05) is 0 Å². The number of terminal acetylenes is 1. The Hall–Kier alpha value is -1.78. The van der Waals surface area contributed by atoms with Gasteiger partial charge in [0.05, 0.1) is 15.4 Å². The quantitative estimate of drug-likeness (QED) is 0.514. The van der Waals surface area contributed by atoms with Gasteiger partial charge in [-0.05, 0) is 26.0 Å². The maximum atomic E-state index is 13.1. The van der Waals surface area contributed by atoms with Crippen LogP contribution in [0.2, 0.25) is 0 Å². The molecule has 1 unspecified atom stereocenters. The van der Waals surface area contributed by atoms with Crippen LogP contribution in [0.4, 0.5) is 10.1 Å². The normalized spacial score (nSPS) is 12.8. The molecule has 0 radical (unpaired) electrons. The first-order valence-electron chi connectivity index (χ1n) is 4.88. The van der Waals surface area contributed by atoms with Gasteiger partial charge in [-0.25, -0.2) is 8.93 Å². The van der Waals surface area contributed by atoms with Crippen LogP contribution >= 0.6 is 0 Å². The van der Waals surface area contributed by atoms with Gasteiger partial charge in [0.15, 0.2) is 0 Å². The van der Waals surface area contributed by atoms with E-state index in [4.69, 9.17) is 6.42 Å². The summed E-state index contributed by atoms with van der Waals surface area (Å²) in [5.41, 5.74) is -1.56. The summed E-state index contributed by atoms with van der Waals surface area (Å²) in [7, 11) is -1.75. The molecule has 96 valence electrons. The summed E-state index contributed by atoms with van der Waals surface area (Å²) in [5, 5.41) is 10.6. The van der Waals surface area contributed by atoms with Crippen molar-refractivity contribution in [1.82, 2.24) is 4.72 Å². The van der Waals surface area contributed by atoms with Crippen LogP contribution in [0.15, 0.2) is 23.1 Å². The molecule has 0 aliphatic heterocycles. The van der Waals surface area contributed by atoms with Crippen molar-refractivity contribution in [2.75, 3.05) is 0 Å². The van der Waals surface area contributed by atoms with Crippen LogP contribution in [-0.4, -0.2) is 14.7 Å². The first-order chi connectivity index (χ1) is 8.26.